The lowest BCUT2D eigenvalue weighted by Crippen LogP contribution is -2.14. The van der Waals surface area contributed by atoms with Crippen LogP contribution in [0.15, 0.2) is 48.0 Å². The number of nitrogens with zero attached hydrogens (tertiary/aromatic N) is 1. The van der Waals surface area contributed by atoms with Crippen molar-refractivity contribution in [3.63, 3.8) is 0 Å². The fourth-order valence-corrected chi connectivity index (χ4v) is 3.47. The molecule has 0 aliphatic heterocycles. The van der Waals surface area contributed by atoms with Gasteiger partial charge in [0.2, 0.25) is 0 Å². The largest absolute Gasteiger partial charge is 0.298 e. The number of halogens is 1. The number of amides is 1. The molecule has 0 spiro atoms. The summed E-state index contributed by atoms with van der Waals surface area (Å²) in [6.45, 7) is 0. The number of thiazole rings is 1. The van der Waals surface area contributed by atoms with Crippen molar-refractivity contribution < 1.29 is 4.79 Å². The lowest BCUT2D eigenvalue weighted by atomic mass is 9.93. The Morgan fingerprint density at radius 1 is 1.26 bits per heavy atom. The molecule has 23 heavy (non-hydrogen) atoms. The maximum absolute atomic E-state index is 12.7. The van der Waals surface area contributed by atoms with Gasteiger partial charge in [-0.2, -0.15) is 0 Å². The van der Waals surface area contributed by atoms with Gasteiger partial charge in [0, 0.05) is 10.5 Å². The fraction of sp³-hybridized carbons (Fsp3) is 0. The number of carbonyl (C=O) groups excluding carboxylic acids is 1. The van der Waals surface area contributed by atoms with Crippen molar-refractivity contribution in [1.82, 2.24) is 4.98 Å². The third-order valence-electron chi connectivity index (χ3n) is 3.13. The summed E-state index contributed by atoms with van der Waals surface area (Å²) in [5.74, 6) is -0.201. The second kappa shape index (κ2) is 7.13. The first kappa shape index (κ1) is 16.0. The van der Waals surface area contributed by atoms with Crippen molar-refractivity contribution in [3.8, 4) is 0 Å². The van der Waals surface area contributed by atoms with Gasteiger partial charge in [-0.3, -0.25) is 10.1 Å². The van der Waals surface area contributed by atoms with E-state index < -0.39 is 0 Å². The van der Waals surface area contributed by atoms with Crippen molar-refractivity contribution in [3.05, 3.63) is 62.8 Å². The summed E-state index contributed by atoms with van der Waals surface area (Å²) < 4.78 is 0.541. The van der Waals surface area contributed by atoms with E-state index in [1.54, 1.807) is 11.3 Å². The molecule has 0 bridgehead atoms. The van der Waals surface area contributed by atoms with Crippen molar-refractivity contribution in [2.75, 3.05) is 5.32 Å². The van der Waals surface area contributed by atoms with Gasteiger partial charge in [0.05, 0.1) is 6.20 Å². The molecule has 0 unspecified atom stereocenters. The lowest BCUT2D eigenvalue weighted by Gasteiger charge is -2.08. The monoisotopic (exact) mass is 358 g/mol. The highest BCUT2D eigenvalue weighted by Gasteiger charge is 2.14. The van der Waals surface area contributed by atoms with Gasteiger partial charge in [0.25, 0.3) is 5.91 Å². The molecule has 1 N–H and O–H groups in total. The molecule has 0 saturated heterocycles. The normalized spacial score (nSPS) is 11.4. The van der Waals surface area contributed by atoms with E-state index in [1.165, 1.54) is 17.5 Å². The summed E-state index contributed by atoms with van der Waals surface area (Å²) in [6, 6.07) is 11.8. The molecule has 0 atom stereocenters. The fourth-order valence-electron chi connectivity index (χ4n) is 2.01. The van der Waals surface area contributed by atoms with Crippen LogP contribution in [-0.4, -0.2) is 18.7 Å². The van der Waals surface area contributed by atoms with Crippen LogP contribution < -0.4 is 10.8 Å². The second-order valence-electron chi connectivity index (χ2n) is 4.86. The van der Waals surface area contributed by atoms with Gasteiger partial charge in [0.15, 0.2) is 5.13 Å². The Morgan fingerprint density at radius 3 is 2.65 bits per heavy atom. The average Bonchev–Trinajstić information content (AvgIpc) is 3.17. The molecule has 0 aliphatic rings. The standard InChI is InChI=1S/C16H12BClN2OS2/c17-11-5-3-10(4-6-11)13(8-12-2-1-7-22-12)15(21)20-16-19-9-14(18)23-16/h1-9H,17H2,(H,19,20,21)/b13-8+. The van der Waals surface area contributed by atoms with Crippen LogP contribution in [0.4, 0.5) is 5.13 Å². The van der Waals surface area contributed by atoms with Gasteiger partial charge in [-0.05, 0) is 23.1 Å². The zero-order valence-electron chi connectivity index (χ0n) is 12.2. The second-order valence-corrected chi connectivity index (χ2v) is 7.50. The molecule has 0 aliphatic carbocycles. The van der Waals surface area contributed by atoms with E-state index >= 15 is 0 Å². The highest BCUT2D eigenvalue weighted by Crippen LogP contribution is 2.26. The minimum atomic E-state index is -0.201. The maximum Gasteiger partial charge on any atom is 0.258 e. The number of hydrogen-bond acceptors (Lipinski definition) is 4. The molecular weight excluding hydrogens is 347 g/mol. The van der Waals surface area contributed by atoms with Crippen molar-refractivity contribution in [2.24, 2.45) is 0 Å². The van der Waals surface area contributed by atoms with Crippen LogP contribution in [0.25, 0.3) is 11.6 Å². The van der Waals surface area contributed by atoms with E-state index in [4.69, 9.17) is 11.6 Å². The van der Waals surface area contributed by atoms with E-state index in [0.717, 1.165) is 15.9 Å². The van der Waals surface area contributed by atoms with E-state index in [1.807, 2.05) is 55.7 Å². The van der Waals surface area contributed by atoms with E-state index in [9.17, 15) is 4.79 Å². The Bertz CT molecular complexity index is 841. The van der Waals surface area contributed by atoms with Crippen LogP contribution in [0.5, 0.6) is 0 Å². The van der Waals surface area contributed by atoms with E-state index in [-0.39, 0.29) is 5.91 Å². The summed E-state index contributed by atoms with van der Waals surface area (Å²) in [5, 5.41) is 5.28. The van der Waals surface area contributed by atoms with Crippen molar-refractivity contribution >= 4 is 70.3 Å². The molecular formula is C16H12BClN2OS2. The van der Waals surface area contributed by atoms with E-state index in [0.29, 0.717) is 15.0 Å². The van der Waals surface area contributed by atoms with Crippen LogP contribution >= 0.6 is 34.3 Å². The first-order valence-corrected chi connectivity index (χ1v) is 8.94. The summed E-state index contributed by atoms with van der Waals surface area (Å²) >= 11 is 8.69. The third-order valence-corrected chi connectivity index (χ3v) is 4.98. The molecule has 114 valence electrons. The number of anilines is 1. The molecule has 2 heterocycles. The highest BCUT2D eigenvalue weighted by molar-refractivity contribution is 7.19. The quantitative estimate of drug-likeness (QED) is 0.574. The van der Waals surface area contributed by atoms with Crippen molar-refractivity contribution in [1.29, 1.82) is 0 Å². The number of thiophene rings is 1. The Morgan fingerprint density at radius 2 is 2.04 bits per heavy atom. The molecule has 7 heteroatoms. The van der Waals surface area contributed by atoms with Gasteiger partial charge in [-0.15, -0.1) is 11.3 Å². The smallest absolute Gasteiger partial charge is 0.258 e. The Balaban J connectivity index is 1.94. The van der Waals surface area contributed by atoms with Gasteiger partial charge in [0.1, 0.15) is 12.2 Å². The van der Waals surface area contributed by atoms with Gasteiger partial charge in [-0.1, -0.05) is 58.7 Å². The third kappa shape index (κ3) is 4.10. The van der Waals surface area contributed by atoms with Crippen LogP contribution in [0.1, 0.15) is 10.4 Å². The van der Waals surface area contributed by atoms with Crippen LogP contribution in [0, 0.1) is 0 Å². The summed E-state index contributed by atoms with van der Waals surface area (Å²) in [4.78, 5) is 17.8. The van der Waals surface area contributed by atoms with Gasteiger partial charge >= 0.3 is 0 Å². The van der Waals surface area contributed by atoms with Gasteiger partial charge in [-0.25, -0.2) is 4.98 Å². The van der Waals surface area contributed by atoms with Crippen LogP contribution in [-0.2, 0) is 4.79 Å². The molecule has 3 nitrogen and oxygen atoms in total. The minimum Gasteiger partial charge on any atom is -0.298 e. The Hall–Kier alpha value is -1.89. The highest BCUT2D eigenvalue weighted by atomic mass is 35.5. The summed E-state index contributed by atoms with van der Waals surface area (Å²) in [7, 11) is 2.02. The predicted octanol–water partition coefficient (Wildman–Crippen LogP) is 3.30. The number of hydrogen-bond donors (Lipinski definition) is 1. The number of nitrogens with one attached hydrogen (secondary N) is 1. The Labute approximate surface area is 148 Å². The SMILES string of the molecule is Bc1ccc(/C(=C\c2cccs2)C(=O)Nc2ncc(Cl)s2)cc1. The maximum atomic E-state index is 12.7. The van der Waals surface area contributed by atoms with E-state index in [2.05, 4.69) is 10.3 Å². The number of carbonyl (C=O) groups is 1. The van der Waals surface area contributed by atoms with Crippen molar-refractivity contribution in [2.45, 2.75) is 0 Å². The molecule has 1 amide bonds. The number of benzene rings is 1. The first-order valence-electron chi connectivity index (χ1n) is 6.87. The van der Waals surface area contributed by atoms with Gasteiger partial charge < -0.3 is 0 Å². The topological polar surface area (TPSA) is 42.0 Å². The zero-order chi connectivity index (χ0) is 16.2. The Kier molecular flexibility index (Phi) is 4.95. The molecule has 1 aromatic carbocycles. The van der Waals surface area contributed by atoms with Crippen LogP contribution in [0.2, 0.25) is 4.34 Å². The number of aromatic nitrogens is 1. The first-order chi connectivity index (χ1) is 11.1. The molecule has 3 aromatic rings. The predicted molar refractivity (Wildman–Crippen MR) is 103 cm³/mol. The molecule has 2 aromatic heterocycles. The molecule has 0 saturated carbocycles. The minimum absolute atomic E-state index is 0.201. The average molecular weight is 359 g/mol. The molecule has 0 fully saturated rings. The van der Waals surface area contributed by atoms with Crippen LogP contribution in [0.3, 0.4) is 0 Å². The summed E-state index contributed by atoms with van der Waals surface area (Å²) in [6.07, 6.45) is 3.41. The number of rotatable bonds is 4. The molecule has 0 radical (unpaired) electrons. The lowest BCUT2D eigenvalue weighted by molar-refractivity contribution is -0.111. The molecule has 3 rings (SSSR count). The zero-order valence-corrected chi connectivity index (χ0v) is 14.6. The summed E-state index contributed by atoms with van der Waals surface area (Å²) in [5.41, 5.74) is 2.61.